The van der Waals surface area contributed by atoms with Crippen LogP contribution >= 0.6 is 11.3 Å². The van der Waals surface area contributed by atoms with Gasteiger partial charge >= 0.3 is 0 Å². The first kappa shape index (κ1) is 14.2. The van der Waals surface area contributed by atoms with Gasteiger partial charge in [0, 0.05) is 11.1 Å². The van der Waals surface area contributed by atoms with Crippen LogP contribution in [0.25, 0.3) is 0 Å². The minimum atomic E-state index is -0.201. The largest absolute Gasteiger partial charge is 0.321 e. The van der Waals surface area contributed by atoms with Crippen LogP contribution in [0, 0.1) is 11.3 Å². The summed E-state index contributed by atoms with van der Waals surface area (Å²) in [7, 11) is 0. The maximum Gasteiger partial charge on any atom is 0.267 e. The molecule has 1 aromatic heterocycles. The number of hydrogen-bond acceptors (Lipinski definition) is 4. The third-order valence-electron chi connectivity index (χ3n) is 2.62. The molecule has 1 heterocycles. The minimum absolute atomic E-state index is 0.0656. The molecule has 2 rings (SSSR count). The fourth-order valence-electron chi connectivity index (χ4n) is 1.59. The van der Waals surface area contributed by atoms with Gasteiger partial charge in [-0.05, 0) is 18.2 Å². The van der Waals surface area contributed by atoms with Crippen molar-refractivity contribution in [3.8, 4) is 6.07 Å². The molecule has 0 atom stereocenters. The highest BCUT2D eigenvalue weighted by Crippen LogP contribution is 2.27. The SMILES string of the molecule is CC(C)(C)c1ncc(C(=O)Nc2cccc(C#N)c2)s1. The number of rotatable bonds is 2. The number of carbonyl (C=O) groups is 1. The van der Waals surface area contributed by atoms with Gasteiger partial charge in [-0.2, -0.15) is 5.26 Å². The number of aromatic nitrogens is 1. The van der Waals surface area contributed by atoms with Crippen LogP contribution in [0.1, 0.15) is 41.0 Å². The Hall–Kier alpha value is -2.19. The van der Waals surface area contributed by atoms with E-state index in [1.54, 1.807) is 30.5 Å². The summed E-state index contributed by atoms with van der Waals surface area (Å²) in [6.45, 7) is 6.18. The molecule has 5 heteroatoms. The van der Waals surface area contributed by atoms with E-state index in [-0.39, 0.29) is 11.3 Å². The van der Waals surface area contributed by atoms with Gasteiger partial charge in [-0.15, -0.1) is 11.3 Å². The van der Waals surface area contributed by atoms with Gasteiger partial charge in [0.1, 0.15) is 4.88 Å². The minimum Gasteiger partial charge on any atom is -0.321 e. The lowest BCUT2D eigenvalue weighted by Gasteiger charge is -2.13. The number of benzene rings is 1. The van der Waals surface area contributed by atoms with Crippen molar-refractivity contribution < 1.29 is 4.79 Å². The van der Waals surface area contributed by atoms with Crippen molar-refractivity contribution in [1.29, 1.82) is 5.26 Å². The summed E-state index contributed by atoms with van der Waals surface area (Å²) in [5, 5.41) is 12.5. The molecule has 0 unspecified atom stereocenters. The van der Waals surface area contributed by atoms with E-state index in [2.05, 4.69) is 31.1 Å². The summed E-state index contributed by atoms with van der Waals surface area (Å²) in [6, 6.07) is 8.87. The molecular weight excluding hydrogens is 270 g/mol. The highest BCUT2D eigenvalue weighted by molar-refractivity contribution is 7.13. The Kier molecular flexibility index (Phi) is 3.86. The molecule has 1 amide bonds. The quantitative estimate of drug-likeness (QED) is 0.917. The number of thiazole rings is 1. The number of amides is 1. The van der Waals surface area contributed by atoms with Crippen LogP contribution in [0.4, 0.5) is 5.69 Å². The molecule has 102 valence electrons. The van der Waals surface area contributed by atoms with Crippen molar-refractivity contribution in [2.75, 3.05) is 5.32 Å². The Morgan fingerprint density at radius 3 is 2.75 bits per heavy atom. The third kappa shape index (κ3) is 3.22. The van der Waals surface area contributed by atoms with Gasteiger partial charge in [0.05, 0.1) is 22.8 Å². The molecule has 20 heavy (non-hydrogen) atoms. The molecule has 0 fully saturated rings. The van der Waals surface area contributed by atoms with Gasteiger partial charge in [0.15, 0.2) is 0 Å². The van der Waals surface area contributed by atoms with Gasteiger partial charge in [-0.3, -0.25) is 4.79 Å². The summed E-state index contributed by atoms with van der Waals surface area (Å²) >= 11 is 1.39. The van der Waals surface area contributed by atoms with Gasteiger partial charge in [0.25, 0.3) is 5.91 Å². The number of nitriles is 1. The maximum absolute atomic E-state index is 12.1. The van der Waals surface area contributed by atoms with Crippen molar-refractivity contribution in [2.24, 2.45) is 0 Å². The summed E-state index contributed by atoms with van der Waals surface area (Å²) in [6.07, 6.45) is 1.59. The predicted molar refractivity (Wildman–Crippen MR) is 79.9 cm³/mol. The molecule has 1 aromatic carbocycles. The fourth-order valence-corrected chi connectivity index (χ4v) is 2.45. The monoisotopic (exact) mass is 285 g/mol. The Morgan fingerprint density at radius 2 is 2.15 bits per heavy atom. The standard InChI is InChI=1S/C15H15N3OS/c1-15(2,3)14-17-9-12(20-14)13(19)18-11-6-4-5-10(7-11)8-16/h4-7,9H,1-3H3,(H,18,19). The zero-order valence-electron chi connectivity index (χ0n) is 11.6. The highest BCUT2D eigenvalue weighted by atomic mass is 32.1. The van der Waals surface area contributed by atoms with Crippen molar-refractivity contribution in [3.05, 3.63) is 45.9 Å². The molecule has 0 saturated carbocycles. The van der Waals surface area contributed by atoms with E-state index in [1.807, 2.05) is 6.07 Å². The second-order valence-corrected chi connectivity index (χ2v) is 6.46. The first-order valence-electron chi connectivity index (χ1n) is 6.18. The van der Waals surface area contributed by atoms with E-state index < -0.39 is 0 Å². The fraction of sp³-hybridized carbons (Fsp3) is 0.267. The van der Waals surface area contributed by atoms with Crippen LogP contribution in [-0.4, -0.2) is 10.9 Å². The van der Waals surface area contributed by atoms with E-state index in [4.69, 9.17) is 5.26 Å². The molecular formula is C15H15N3OS. The molecule has 2 aromatic rings. The Balaban J connectivity index is 2.16. The lowest BCUT2D eigenvalue weighted by molar-refractivity contribution is 0.103. The predicted octanol–water partition coefficient (Wildman–Crippen LogP) is 3.56. The van der Waals surface area contributed by atoms with Gasteiger partial charge in [-0.25, -0.2) is 4.98 Å². The van der Waals surface area contributed by atoms with Crippen molar-refractivity contribution in [2.45, 2.75) is 26.2 Å². The summed E-state index contributed by atoms with van der Waals surface area (Å²) in [5.74, 6) is -0.201. The Bertz CT molecular complexity index is 677. The average molecular weight is 285 g/mol. The lowest BCUT2D eigenvalue weighted by Crippen LogP contribution is -2.11. The zero-order valence-corrected chi connectivity index (χ0v) is 12.4. The topological polar surface area (TPSA) is 65.8 Å². The second kappa shape index (κ2) is 5.43. The van der Waals surface area contributed by atoms with E-state index in [9.17, 15) is 4.79 Å². The maximum atomic E-state index is 12.1. The van der Waals surface area contributed by atoms with E-state index >= 15 is 0 Å². The number of nitrogens with one attached hydrogen (secondary N) is 1. The van der Waals surface area contributed by atoms with Crippen LogP contribution in [-0.2, 0) is 5.41 Å². The number of anilines is 1. The highest BCUT2D eigenvalue weighted by Gasteiger charge is 2.20. The van der Waals surface area contributed by atoms with Crippen LogP contribution in [0.2, 0.25) is 0 Å². The summed E-state index contributed by atoms with van der Waals surface area (Å²) in [5.41, 5.74) is 1.06. The second-order valence-electron chi connectivity index (χ2n) is 5.43. The van der Waals surface area contributed by atoms with E-state index in [1.165, 1.54) is 11.3 Å². The smallest absolute Gasteiger partial charge is 0.267 e. The summed E-state index contributed by atoms with van der Waals surface area (Å²) < 4.78 is 0. The zero-order chi connectivity index (χ0) is 14.8. The molecule has 0 aliphatic heterocycles. The number of nitrogens with zero attached hydrogens (tertiary/aromatic N) is 2. The van der Waals surface area contributed by atoms with Gasteiger partial charge in [0.2, 0.25) is 0 Å². The average Bonchev–Trinajstić information content (AvgIpc) is 2.88. The molecule has 0 saturated heterocycles. The molecule has 0 radical (unpaired) electrons. The summed E-state index contributed by atoms with van der Waals surface area (Å²) in [4.78, 5) is 17.0. The molecule has 1 N–H and O–H groups in total. The first-order valence-corrected chi connectivity index (χ1v) is 6.99. The van der Waals surface area contributed by atoms with Crippen LogP contribution in [0.5, 0.6) is 0 Å². The van der Waals surface area contributed by atoms with E-state index in [0.717, 1.165) is 5.01 Å². The van der Waals surface area contributed by atoms with Crippen molar-refractivity contribution >= 4 is 22.9 Å². The number of carbonyl (C=O) groups excluding carboxylic acids is 1. The Labute approximate surface area is 122 Å². The van der Waals surface area contributed by atoms with Crippen molar-refractivity contribution in [3.63, 3.8) is 0 Å². The molecule has 0 spiro atoms. The van der Waals surface area contributed by atoms with Crippen LogP contribution < -0.4 is 5.32 Å². The van der Waals surface area contributed by atoms with Crippen LogP contribution in [0.3, 0.4) is 0 Å². The normalized spacial score (nSPS) is 10.9. The lowest BCUT2D eigenvalue weighted by atomic mass is 9.98. The first-order chi connectivity index (χ1) is 9.40. The molecule has 0 bridgehead atoms. The molecule has 0 aliphatic rings. The van der Waals surface area contributed by atoms with Crippen LogP contribution in [0.15, 0.2) is 30.5 Å². The van der Waals surface area contributed by atoms with Gasteiger partial charge in [-0.1, -0.05) is 26.8 Å². The molecule has 4 nitrogen and oxygen atoms in total. The molecule has 0 aliphatic carbocycles. The Morgan fingerprint density at radius 1 is 1.40 bits per heavy atom. The van der Waals surface area contributed by atoms with Gasteiger partial charge < -0.3 is 5.32 Å². The number of hydrogen-bond donors (Lipinski definition) is 1. The third-order valence-corrected chi connectivity index (χ3v) is 4.04. The van der Waals surface area contributed by atoms with E-state index in [0.29, 0.717) is 16.1 Å². The van der Waals surface area contributed by atoms with Crippen molar-refractivity contribution in [1.82, 2.24) is 4.98 Å².